The number of nitrogens with zero attached hydrogens (tertiary/aromatic N) is 4. The Hall–Kier alpha value is -1.20. The first kappa shape index (κ1) is 14.9. The smallest absolute Gasteiger partial charge is 0.225 e. The first-order valence-corrected chi connectivity index (χ1v) is 6.45. The molecule has 102 valence electrons. The maximum Gasteiger partial charge on any atom is 0.225 e. The molecule has 0 saturated heterocycles. The molecule has 1 aromatic rings. The van der Waals surface area contributed by atoms with Gasteiger partial charge in [0, 0.05) is 43.6 Å². The minimum Gasteiger partial charge on any atom is -0.337 e. The molecule has 0 bridgehead atoms. The van der Waals surface area contributed by atoms with Gasteiger partial charge in [-0.1, -0.05) is 0 Å². The van der Waals surface area contributed by atoms with Gasteiger partial charge in [0.25, 0.3) is 0 Å². The molecule has 1 heterocycles. The van der Waals surface area contributed by atoms with Crippen molar-refractivity contribution >= 4 is 5.95 Å². The highest BCUT2D eigenvalue weighted by molar-refractivity contribution is 5.31. The largest absolute Gasteiger partial charge is 0.337 e. The van der Waals surface area contributed by atoms with Gasteiger partial charge in [-0.2, -0.15) is 0 Å². The zero-order valence-corrected chi connectivity index (χ0v) is 12.1. The standard InChI is InChI=1S/C13H25N5/c1-6-18(11(2)10-17(4)5)13-15-8-12(7-14-3)9-16-13/h8-9,11,14H,6-7,10H2,1-5H3. The van der Waals surface area contributed by atoms with E-state index in [0.717, 1.165) is 31.1 Å². The van der Waals surface area contributed by atoms with E-state index in [1.165, 1.54) is 0 Å². The van der Waals surface area contributed by atoms with Crippen LogP contribution in [0, 0.1) is 0 Å². The molecule has 0 fully saturated rings. The second-order valence-electron chi connectivity index (χ2n) is 4.82. The van der Waals surface area contributed by atoms with Crippen LogP contribution in [-0.2, 0) is 6.54 Å². The molecule has 0 radical (unpaired) electrons. The van der Waals surface area contributed by atoms with E-state index in [-0.39, 0.29) is 0 Å². The third kappa shape index (κ3) is 4.23. The van der Waals surface area contributed by atoms with Crippen molar-refractivity contribution in [1.82, 2.24) is 20.2 Å². The van der Waals surface area contributed by atoms with Crippen molar-refractivity contribution < 1.29 is 0 Å². The fraction of sp³-hybridized carbons (Fsp3) is 0.692. The number of hydrogen-bond acceptors (Lipinski definition) is 5. The van der Waals surface area contributed by atoms with E-state index in [2.05, 4.69) is 53.0 Å². The number of rotatable bonds is 7. The Kier molecular flexibility index (Phi) is 6.01. The second kappa shape index (κ2) is 7.28. The highest BCUT2D eigenvalue weighted by Crippen LogP contribution is 2.11. The molecule has 5 heteroatoms. The second-order valence-corrected chi connectivity index (χ2v) is 4.82. The van der Waals surface area contributed by atoms with Crippen LogP contribution >= 0.6 is 0 Å². The van der Waals surface area contributed by atoms with E-state index < -0.39 is 0 Å². The van der Waals surface area contributed by atoms with Crippen molar-refractivity contribution in [2.45, 2.75) is 26.4 Å². The fourth-order valence-electron chi connectivity index (χ4n) is 2.07. The highest BCUT2D eigenvalue weighted by Gasteiger charge is 2.15. The predicted molar refractivity (Wildman–Crippen MR) is 75.8 cm³/mol. The molecule has 0 amide bonds. The molecule has 1 rings (SSSR count). The van der Waals surface area contributed by atoms with E-state index in [1.54, 1.807) is 0 Å². The van der Waals surface area contributed by atoms with Crippen molar-refractivity contribution in [2.24, 2.45) is 0 Å². The van der Waals surface area contributed by atoms with Gasteiger partial charge in [-0.15, -0.1) is 0 Å². The predicted octanol–water partition coefficient (Wildman–Crippen LogP) is 0.972. The molecule has 0 aliphatic heterocycles. The molecular formula is C13H25N5. The number of nitrogens with one attached hydrogen (secondary N) is 1. The normalized spacial score (nSPS) is 12.8. The average Bonchev–Trinajstić information content (AvgIpc) is 2.31. The van der Waals surface area contributed by atoms with Crippen LogP contribution in [0.25, 0.3) is 0 Å². The first-order chi connectivity index (χ1) is 8.58. The number of likely N-dealkylation sites (N-methyl/N-ethyl adjacent to an activating group) is 2. The van der Waals surface area contributed by atoms with Crippen LogP contribution in [0.5, 0.6) is 0 Å². The molecule has 18 heavy (non-hydrogen) atoms. The van der Waals surface area contributed by atoms with Crippen LogP contribution in [0.4, 0.5) is 5.95 Å². The topological polar surface area (TPSA) is 44.3 Å². The summed E-state index contributed by atoms with van der Waals surface area (Å²) in [6, 6.07) is 0.403. The Morgan fingerprint density at radius 3 is 2.33 bits per heavy atom. The highest BCUT2D eigenvalue weighted by atomic mass is 15.3. The summed E-state index contributed by atoms with van der Waals surface area (Å²) in [7, 11) is 6.09. The maximum absolute atomic E-state index is 4.45. The fourth-order valence-corrected chi connectivity index (χ4v) is 2.07. The molecular weight excluding hydrogens is 226 g/mol. The van der Waals surface area contributed by atoms with Crippen LogP contribution < -0.4 is 10.2 Å². The Morgan fingerprint density at radius 2 is 1.89 bits per heavy atom. The molecule has 1 N–H and O–H groups in total. The van der Waals surface area contributed by atoms with E-state index in [0.29, 0.717) is 6.04 Å². The summed E-state index contributed by atoms with van der Waals surface area (Å²) in [5.74, 6) is 0.812. The number of aromatic nitrogens is 2. The lowest BCUT2D eigenvalue weighted by molar-refractivity contribution is 0.371. The van der Waals surface area contributed by atoms with Gasteiger partial charge in [0.1, 0.15) is 0 Å². The molecule has 0 aliphatic carbocycles. The Morgan fingerprint density at radius 1 is 1.28 bits per heavy atom. The van der Waals surface area contributed by atoms with Crippen LogP contribution in [0.2, 0.25) is 0 Å². The van der Waals surface area contributed by atoms with Gasteiger partial charge >= 0.3 is 0 Å². The summed E-state index contributed by atoms with van der Waals surface area (Å²) in [4.78, 5) is 13.3. The minimum atomic E-state index is 0.403. The summed E-state index contributed by atoms with van der Waals surface area (Å²) in [6.45, 7) is 7.06. The molecule has 1 atom stereocenters. The molecule has 5 nitrogen and oxygen atoms in total. The minimum absolute atomic E-state index is 0.403. The summed E-state index contributed by atoms with van der Waals surface area (Å²) < 4.78 is 0. The molecule has 0 aliphatic rings. The third-order valence-electron chi connectivity index (χ3n) is 2.83. The molecule has 0 aromatic carbocycles. The van der Waals surface area contributed by atoms with Crippen LogP contribution in [0.15, 0.2) is 12.4 Å². The van der Waals surface area contributed by atoms with Gasteiger partial charge in [-0.3, -0.25) is 0 Å². The van der Waals surface area contributed by atoms with Crippen molar-refractivity contribution in [1.29, 1.82) is 0 Å². The average molecular weight is 251 g/mol. The number of anilines is 1. The Balaban J connectivity index is 2.75. The quantitative estimate of drug-likeness (QED) is 0.782. The van der Waals surface area contributed by atoms with Gasteiger partial charge in [-0.05, 0) is 35.0 Å². The van der Waals surface area contributed by atoms with Crippen LogP contribution in [0.1, 0.15) is 19.4 Å². The molecule has 1 unspecified atom stereocenters. The maximum atomic E-state index is 4.45. The molecule has 1 aromatic heterocycles. The van der Waals surface area contributed by atoms with Gasteiger partial charge in [0.05, 0.1) is 0 Å². The number of hydrogen-bond donors (Lipinski definition) is 1. The third-order valence-corrected chi connectivity index (χ3v) is 2.83. The summed E-state index contributed by atoms with van der Waals surface area (Å²) >= 11 is 0. The zero-order chi connectivity index (χ0) is 13.5. The summed E-state index contributed by atoms with van der Waals surface area (Å²) in [5.41, 5.74) is 1.11. The summed E-state index contributed by atoms with van der Waals surface area (Å²) in [5, 5.41) is 3.10. The van der Waals surface area contributed by atoms with Crippen molar-refractivity contribution in [3.05, 3.63) is 18.0 Å². The molecule has 0 saturated carbocycles. The van der Waals surface area contributed by atoms with Crippen LogP contribution in [-0.4, -0.2) is 55.1 Å². The van der Waals surface area contributed by atoms with E-state index in [4.69, 9.17) is 0 Å². The summed E-state index contributed by atoms with van der Waals surface area (Å²) in [6.07, 6.45) is 3.79. The van der Waals surface area contributed by atoms with Gasteiger partial charge < -0.3 is 15.1 Å². The SMILES string of the molecule is CCN(c1ncc(CNC)cn1)C(C)CN(C)C. The zero-order valence-electron chi connectivity index (χ0n) is 12.1. The monoisotopic (exact) mass is 251 g/mol. The molecule has 0 spiro atoms. The van der Waals surface area contributed by atoms with E-state index in [1.807, 2.05) is 19.4 Å². The van der Waals surface area contributed by atoms with E-state index in [9.17, 15) is 0 Å². The first-order valence-electron chi connectivity index (χ1n) is 6.45. The lowest BCUT2D eigenvalue weighted by Gasteiger charge is -2.30. The van der Waals surface area contributed by atoms with Gasteiger partial charge in [0.15, 0.2) is 0 Å². The van der Waals surface area contributed by atoms with E-state index >= 15 is 0 Å². The van der Waals surface area contributed by atoms with Crippen LogP contribution in [0.3, 0.4) is 0 Å². The van der Waals surface area contributed by atoms with Crippen molar-refractivity contribution in [3.63, 3.8) is 0 Å². The van der Waals surface area contributed by atoms with Crippen molar-refractivity contribution in [2.75, 3.05) is 39.1 Å². The van der Waals surface area contributed by atoms with Gasteiger partial charge in [0.2, 0.25) is 5.95 Å². The Labute approximate surface area is 110 Å². The Bertz CT molecular complexity index is 336. The lowest BCUT2D eigenvalue weighted by atomic mass is 10.2. The van der Waals surface area contributed by atoms with Gasteiger partial charge in [-0.25, -0.2) is 9.97 Å². The van der Waals surface area contributed by atoms with Crippen molar-refractivity contribution in [3.8, 4) is 0 Å². The lowest BCUT2D eigenvalue weighted by Crippen LogP contribution is -2.41.